The average Bonchev–Trinajstić information content (AvgIpc) is 2.69. The molecule has 0 saturated carbocycles. The van der Waals surface area contributed by atoms with Crippen LogP contribution in [0.3, 0.4) is 0 Å². The molecule has 0 radical (unpaired) electrons. The highest BCUT2D eigenvalue weighted by Crippen LogP contribution is 2.26. The molecule has 18 heavy (non-hydrogen) atoms. The standard InChI is InChI=1S/C12H11ClN2O3/c13-12-8(5-6-11(17)18)7-14-15(12)9-3-1-2-4-10(9)16/h1-4,7,16H,5-6H2,(H,17,18). The van der Waals surface area contributed by atoms with E-state index in [0.29, 0.717) is 22.8 Å². The molecule has 2 N–H and O–H groups in total. The molecule has 0 fully saturated rings. The van der Waals surface area contributed by atoms with Crippen LogP contribution in [0.25, 0.3) is 5.69 Å². The second kappa shape index (κ2) is 5.10. The van der Waals surface area contributed by atoms with E-state index in [1.165, 1.54) is 16.9 Å². The molecular formula is C12H11ClN2O3. The lowest BCUT2D eigenvalue weighted by atomic mass is 10.2. The zero-order valence-electron chi connectivity index (χ0n) is 9.38. The number of phenolic OH excluding ortho intramolecular Hbond substituents is 1. The number of hydrogen-bond donors (Lipinski definition) is 2. The number of aromatic hydroxyl groups is 1. The number of hydrogen-bond acceptors (Lipinski definition) is 3. The van der Waals surface area contributed by atoms with Gasteiger partial charge in [0.1, 0.15) is 16.6 Å². The quantitative estimate of drug-likeness (QED) is 0.890. The Morgan fingerprint density at radius 1 is 1.39 bits per heavy atom. The zero-order chi connectivity index (χ0) is 13.1. The smallest absolute Gasteiger partial charge is 0.303 e. The van der Waals surface area contributed by atoms with Crippen LogP contribution in [0.4, 0.5) is 0 Å². The molecule has 2 rings (SSSR count). The number of carboxylic acids is 1. The van der Waals surface area contributed by atoms with Gasteiger partial charge < -0.3 is 10.2 Å². The van der Waals surface area contributed by atoms with Gasteiger partial charge in [0.15, 0.2) is 0 Å². The highest BCUT2D eigenvalue weighted by Gasteiger charge is 2.13. The van der Waals surface area contributed by atoms with E-state index in [4.69, 9.17) is 16.7 Å². The van der Waals surface area contributed by atoms with Crippen molar-refractivity contribution in [3.05, 3.63) is 41.2 Å². The van der Waals surface area contributed by atoms with Crippen LogP contribution in [0.15, 0.2) is 30.5 Å². The predicted molar refractivity (Wildman–Crippen MR) is 66.2 cm³/mol. The van der Waals surface area contributed by atoms with E-state index < -0.39 is 5.97 Å². The van der Waals surface area contributed by atoms with E-state index in [0.717, 1.165) is 0 Å². The maximum Gasteiger partial charge on any atom is 0.303 e. The third-order valence-electron chi connectivity index (χ3n) is 2.50. The van der Waals surface area contributed by atoms with Gasteiger partial charge in [0.25, 0.3) is 0 Å². The summed E-state index contributed by atoms with van der Waals surface area (Å²) in [6.07, 6.45) is 1.81. The van der Waals surface area contributed by atoms with Gasteiger partial charge in [-0.3, -0.25) is 4.79 Å². The fraction of sp³-hybridized carbons (Fsp3) is 0.167. The van der Waals surface area contributed by atoms with Crippen molar-refractivity contribution in [2.75, 3.05) is 0 Å². The molecule has 94 valence electrons. The highest BCUT2D eigenvalue weighted by atomic mass is 35.5. The van der Waals surface area contributed by atoms with Gasteiger partial charge in [0.05, 0.1) is 6.20 Å². The molecule has 5 nitrogen and oxygen atoms in total. The van der Waals surface area contributed by atoms with E-state index in [1.807, 2.05) is 0 Å². The number of rotatable bonds is 4. The number of aliphatic carboxylic acids is 1. The summed E-state index contributed by atoms with van der Waals surface area (Å²) in [7, 11) is 0. The van der Waals surface area contributed by atoms with Gasteiger partial charge >= 0.3 is 5.97 Å². The first-order valence-electron chi connectivity index (χ1n) is 5.32. The fourth-order valence-electron chi connectivity index (χ4n) is 1.59. The molecular weight excluding hydrogens is 256 g/mol. The van der Waals surface area contributed by atoms with Crippen molar-refractivity contribution in [3.8, 4) is 11.4 Å². The first-order chi connectivity index (χ1) is 8.59. The highest BCUT2D eigenvalue weighted by molar-refractivity contribution is 6.30. The van der Waals surface area contributed by atoms with Crippen LogP contribution < -0.4 is 0 Å². The molecule has 0 saturated heterocycles. The number of phenols is 1. The van der Waals surface area contributed by atoms with Gasteiger partial charge in [-0.2, -0.15) is 5.10 Å². The van der Waals surface area contributed by atoms with Gasteiger partial charge in [0, 0.05) is 12.0 Å². The summed E-state index contributed by atoms with van der Waals surface area (Å²) in [5.41, 5.74) is 1.10. The maximum absolute atomic E-state index is 10.5. The van der Waals surface area contributed by atoms with Gasteiger partial charge in [-0.05, 0) is 18.6 Å². The van der Waals surface area contributed by atoms with Gasteiger partial charge in [-0.25, -0.2) is 4.68 Å². The van der Waals surface area contributed by atoms with Crippen LogP contribution in [0.1, 0.15) is 12.0 Å². The summed E-state index contributed by atoms with van der Waals surface area (Å²) in [5.74, 6) is -0.825. The van der Waals surface area contributed by atoms with E-state index in [-0.39, 0.29) is 12.2 Å². The Labute approximate surface area is 108 Å². The lowest BCUT2D eigenvalue weighted by Gasteiger charge is -2.05. The number of carboxylic acid groups (broad SMARTS) is 1. The molecule has 0 unspecified atom stereocenters. The lowest BCUT2D eigenvalue weighted by molar-refractivity contribution is -0.136. The Morgan fingerprint density at radius 3 is 2.78 bits per heavy atom. The number of benzene rings is 1. The van der Waals surface area contributed by atoms with Crippen molar-refractivity contribution in [2.24, 2.45) is 0 Å². The number of nitrogens with zero attached hydrogens (tertiary/aromatic N) is 2. The third-order valence-corrected chi connectivity index (χ3v) is 2.90. The Bertz CT molecular complexity index is 580. The summed E-state index contributed by atoms with van der Waals surface area (Å²) in [4.78, 5) is 10.5. The molecule has 1 aromatic heterocycles. The van der Waals surface area contributed by atoms with Crippen LogP contribution >= 0.6 is 11.6 Å². The molecule has 0 aliphatic rings. The first kappa shape index (κ1) is 12.4. The fourth-order valence-corrected chi connectivity index (χ4v) is 1.87. The van der Waals surface area contributed by atoms with Gasteiger partial charge in [0.2, 0.25) is 0 Å². The molecule has 1 aromatic carbocycles. The minimum absolute atomic E-state index is 0.00775. The summed E-state index contributed by atoms with van der Waals surface area (Å²) >= 11 is 6.11. The maximum atomic E-state index is 10.5. The third kappa shape index (κ3) is 2.46. The van der Waals surface area contributed by atoms with Crippen molar-refractivity contribution in [1.82, 2.24) is 9.78 Å². The second-order valence-corrected chi connectivity index (χ2v) is 4.11. The summed E-state index contributed by atoms with van der Waals surface area (Å²) in [5, 5.41) is 22.7. The summed E-state index contributed by atoms with van der Waals surface area (Å²) in [6, 6.07) is 6.66. The van der Waals surface area contributed by atoms with Crippen molar-refractivity contribution in [1.29, 1.82) is 0 Å². The molecule has 0 aliphatic carbocycles. The average molecular weight is 267 g/mol. The zero-order valence-corrected chi connectivity index (χ0v) is 10.1. The number of aromatic nitrogens is 2. The molecule has 0 atom stereocenters. The number of para-hydroxylation sites is 2. The molecule has 0 aliphatic heterocycles. The molecule has 2 aromatic rings. The predicted octanol–water partition coefficient (Wildman–Crippen LogP) is 2.25. The van der Waals surface area contributed by atoms with E-state index in [9.17, 15) is 9.90 Å². The van der Waals surface area contributed by atoms with Gasteiger partial charge in [-0.1, -0.05) is 23.7 Å². The van der Waals surface area contributed by atoms with E-state index in [1.54, 1.807) is 18.2 Å². The minimum Gasteiger partial charge on any atom is -0.506 e. The largest absolute Gasteiger partial charge is 0.506 e. The van der Waals surface area contributed by atoms with E-state index in [2.05, 4.69) is 5.10 Å². The monoisotopic (exact) mass is 266 g/mol. The number of aryl methyl sites for hydroxylation is 1. The summed E-state index contributed by atoms with van der Waals surface area (Å²) in [6.45, 7) is 0. The molecule has 0 spiro atoms. The normalized spacial score (nSPS) is 10.5. The Morgan fingerprint density at radius 2 is 2.11 bits per heavy atom. The van der Waals surface area contributed by atoms with Crippen LogP contribution in [0.5, 0.6) is 5.75 Å². The van der Waals surface area contributed by atoms with Crippen LogP contribution in [0, 0.1) is 0 Å². The Hall–Kier alpha value is -2.01. The van der Waals surface area contributed by atoms with Crippen molar-refractivity contribution in [3.63, 3.8) is 0 Å². The molecule has 6 heteroatoms. The first-order valence-corrected chi connectivity index (χ1v) is 5.70. The second-order valence-electron chi connectivity index (χ2n) is 3.75. The molecule has 0 amide bonds. The van der Waals surface area contributed by atoms with Crippen molar-refractivity contribution < 1.29 is 15.0 Å². The van der Waals surface area contributed by atoms with E-state index >= 15 is 0 Å². The SMILES string of the molecule is O=C(O)CCc1cnn(-c2ccccc2O)c1Cl. The van der Waals surface area contributed by atoms with Gasteiger partial charge in [-0.15, -0.1) is 0 Å². The van der Waals surface area contributed by atoms with Crippen molar-refractivity contribution >= 4 is 17.6 Å². The molecule has 0 bridgehead atoms. The summed E-state index contributed by atoms with van der Waals surface area (Å²) < 4.78 is 1.38. The van der Waals surface area contributed by atoms with Crippen molar-refractivity contribution in [2.45, 2.75) is 12.8 Å². The minimum atomic E-state index is -0.888. The number of halogens is 1. The van der Waals surface area contributed by atoms with Crippen LogP contribution in [-0.4, -0.2) is 26.0 Å². The van der Waals surface area contributed by atoms with Crippen LogP contribution in [0.2, 0.25) is 5.15 Å². The molecule has 1 heterocycles. The Kier molecular flexibility index (Phi) is 3.53. The topological polar surface area (TPSA) is 75.3 Å². The lowest BCUT2D eigenvalue weighted by Crippen LogP contribution is -1.99. The Balaban J connectivity index is 2.31. The number of carbonyl (C=O) groups is 1. The van der Waals surface area contributed by atoms with Crippen LogP contribution in [-0.2, 0) is 11.2 Å².